The Morgan fingerprint density at radius 2 is 1.77 bits per heavy atom. The van der Waals surface area contributed by atoms with Gasteiger partial charge in [0.05, 0.1) is 5.75 Å². The van der Waals surface area contributed by atoms with Gasteiger partial charge in [0.1, 0.15) is 0 Å². The van der Waals surface area contributed by atoms with E-state index < -0.39 is 0 Å². The molecule has 2 rings (SSSR count). The first-order chi connectivity index (χ1) is 12.3. The number of anilines is 2. The molecule has 0 bridgehead atoms. The van der Waals surface area contributed by atoms with Crippen LogP contribution in [0.4, 0.5) is 10.8 Å². The van der Waals surface area contributed by atoms with Crippen LogP contribution < -0.4 is 10.6 Å². The maximum atomic E-state index is 12.0. The largest absolute Gasteiger partial charge is 0.325 e. The van der Waals surface area contributed by atoms with Crippen LogP contribution in [0.3, 0.4) is 0 Å². The SMILES string of the molecule is CC(=O)c1ccc(NC(=O)CSc2nnc(NC(=O)CC(C)C)s2)cc1. The molecule has 1 aromatic heterocycles. The van der Waals surface area contributed by atoms with Crippen molar-refractivity contribution in [3.63, 3.8) is 0 Å². The first kappa shape index (κ1) is 20.1. The molecular formula is C17H20N4O3S2. The summed E-state index contributed by atoms with van der Waals surface area (Å²) in [7, 11) is 0. The van der Waals surface area contributed by atoms with Crippen LogP contribution in [0.15, 0.2) is 28.6 Å². The zero-order chi connectivity index (χ0) is 19.1. The van der Waals surface area contributed by atoms with E-state index in [1.54, 1.807) is 24.3 Å². The van der Waals surface area contributed by atoms with Gasteiger partial charge in [0, 0.05) is 17.7 Å². The zero-order valence-electron chi connectivity index (χ0n) is 14.7. The van der Waals surface area contributed by atoms with Crippen LogP contribution in [0.25, 0.3) is 0 Å². The summed E-state index contributed by atoms with van der Waals surface area (Å²) >= 11 is 2.48. The Morgan fingerprint density at radius 3 is 2.38 bits per heavy atom. The Labute approximate surface area is 160 Å². The summed E-state index contributed by atoms with van der Waals surface area (Å²) in [5, 5.41) is 13.7. The van der Waals surface area contributed by atoms with Crippen LogP contribution in [-0.4, -0.2) is 33.5 Å². The second-order valence-corrected chi connectivity index (χ2v) is 8.19. The van der Waals surface area contributed by atoms with Crippen molar-refractivity contribution in [3.8, 4) is 0 Å². The molecule has 0 aliphatic rings. The fourth-order valence-corrected chi connectivity index (χ4v) is 3.54. The van der Waals surface area contributed by atoms with Gasteiger partial charge in [0.15, 0.2) is 10.1 Å². The van der Waals surface area contributed by atoms with Crippen molar-refractivity contribution < 1.29 is 14.4 Å². The number of amides is 2. The van der Waals surface area contributed by atoms with Crippen LogP contribution >= 0.6 is 23.1 Å². The van der Waals surface area contributed by atoms with Crippen LogP contribution in [0.5, 0.6) is 0 Å². The van der Waals surface area contributed by atoms with Gasteiger partial charge in [0.2, 0.25) is 16.9 Å². The van der Waals surface area contributed by atoms with Crippen molar-refractivity contribution in [2.24, 2.45) is 5.92 Å². The fraction of sp³-hybridized carbons (Fsp3) is 0.353. The van der Waals surface area contributed by atoms with Crippen molar-refractivity contribution >= 4 is 51.5 Å². The standard InChI is InChI=1S/C17H20N4O3S2/c1-10(2)8-14(23)19-16-20-21-17(26-16)25-9-15(24)18-13-6-4-12(5-7-13)11(3)22/h4-7,10H,8-9H2,1-3H3,(H,18,24)(H,19,20,23). The molecule has 2 amide bonds. The Kier molecular flexibility index (Phi) is 7.28. The van der Waals surface area contributed by atoms with Gasteiger partial charge in [-0.05, 0) is 37.1 Å². The third-order valence-corrected chi connectivity index (χ3v) is 5.12. The van der Waals surface area contributed by atoms with Gasteiger partial charge in [-0.25, -0.2) is 0 Å². The smallest absolute Gasteiger partial charge is 0.234 e. The number of rotatable bonds is 8. The lowest BCUT2D eigenvalue weighted by atomic mass is 10.1. The molecule has 0 saturated heterocycles. The van der Waals surface area contributed by atoms with Crippen LogP contribution in [0.2, 0.25) is 0 Å². The Hall–Kier alpha value is -2.26. The minimum absolute atomic E-state index is 0.0222. The molecule has 0 fully saturated rings. The summed E-state index contributed by atoms with van der Waals surface area (Å²) in [6, 6.07) is 6.71. The summed E-state index contributed by atoms with van der Waals surface area (Å²) in [5.41, 5.74) is 1.22. The first-order valence-corrected chi connectivity index (χ1v) is 9.80. The second-order valence-electron chi connectivity index (χ2n) is 5.99. The number of ketones is 1. The Morgan fingerprint density at radius 1 is 1.08 bits per heavy atom. The van der Waals surface area contributed by atoms with E-state index in [9.17, 15) is 14.4 Å². The number of hydrogen-bond acceptors (Lipinski definition) is 7. The lowest BCUT2D eigenvalue weighted by molar-refractivity contribution is -0.117. The monoisotopic (exact) mass is 392 g/mol. The highest BCUT2D eigenvalue weighted by molar-refractivity contribution is 8.01. The molecule has 1 heterocycles. The number of carbonyl (C=O) groups is 3. The lowest BCUT2D eigenvalue weighted by Gasteiger charge is -2.04. The number of nitrogens with zero attached hydrogens (tertiary/aromatic N) is 2. The van der Waals surface area contributed by atoms with Crippen LogP contribution in [-0.2, 0) is 9.59 Å². The summed E-state index contributed by atoms with van der Waals surface area (Å²) in [6.07, 6.45) is 0.423. The second kappa shape index (κ2) is 9.44. The van der Waals surface area contributed by atoms with Crippen molar-refractivity contribution in [2.75, 3.05) is 16.4 Å². The van der Waals surface area contributed by atoms with Crippen molar-refractivity contribution in [1.29, 1.82) is 0 Å². The molecular weight excluding hydrogens is 372 g/mol. The number of aromatic nitrogens is 2. The van der Waals surface area contributed by atoms with E-state index in [-0.39, 0.29) is 29.3 Å². The van der Waals surface area contributed by atoms with Gasteiger partial charge in [-0.3, -0.25) is 14.4 Å². The molecule has 0 radical (unpaired) electrons. The highest BCUT2D eigenvalue weighted by Gasteiger charge is 2.11. The van der Waals surface area contributed by atoms with Crippen LogP contribution in [0.1, 0.15) is 37.6 Å². The zero-order valence-corrected chi connectivity index (χ0v) is 16.4. The molecule has 0 aliphatic carbocycles. The molecule has 138 valence electrons. The van der Waals surface area contributed by atoms with E-state index in [0.29, 0.717) is 27.1 Å². The van der Waals surface area contributed by atoms with Crippen molar-refractivity contribution in [1.82, 2.24) is 10.2 Å². The third-order valence-electron chi connectivity index (χ3n) is 3.15. The van der Waals surface area contributed by atoms with Crippen molar-refractivity contribution in [3.05, 3.63) is 29.8 Å². The molecule has 7 nitrogen and oxygen atoms in total. The summed E-state index contributed by atoms with van der Waals surface area (Å²) < 4.78 is 0.604. The molecule has 0 atom stereocenters. The molecule has 9 heteroatoms. The van der Waals surface area contributed by atoms with Gasteiger partial charge in [-0.2, -0.15) is 0 Å². The highest BCUT2D eigenvalue weighted by atomic mass is 32.2. The number of nitrogens with one attached hydrogen (secondary N) is 2. The van der Waals surface area contributed by atoms with Gasteiger partial charge in [0.25, 0.3) is 0 Å². The predicted molar refractivity (Wildman–Crippen MR) is 104 cm³/mol. The number of Topliss-reactive ketones (excluding diaryl/α,β-unsaturated/α-hetero) is 1. The Bertz CT molecular complexity index is 788. The fourth-order valence-electron chi connectivity index (χ4n) is 1.97. The van der Waals surface area contributed by atoms with E-state index in [1.807, 2.05) is 13.8 Å². The molecule has 0 aliphatic heterocycles. The Balaban J connectivity index is 1.80. The third kappa shape index (κ3) is 6.57. The summed E-state index contributed by atoms with van der Waals surface area (Å²) in [5.74, 6) is 0.129. The van der Waals surface area contributed by atoms with Gasteiger partial charge >= 0.3 is 0 Å². The van der Waals surface area contributed by atoms with E-state index in [1.165, 1.54) is 30.0 Å². The maximum absolute atomic E-state index is 12.0. The molecule has 2 aromatic rings. The molecule has 26 heavy (non-hydrogen) atoms. The summed E-state index contributed by atoms with van der Waals surface area (Å²) in [4.78, 5) is 34.9. The molecule has 1 aromatic carbocycles. The quantitative estimate of drug-likeness (QED) is 0.405. The average Bonchev–Trinajstić information content (AvgIpc) is 3.00. The van der Waals surface area contributed by atoms with E-state index in [2.05, 4.69) is 20.8 Å². The van der Waals surface area contributed by atoms with Gasteiger partial charge in [-0.1, -0.05) is 36.9 Å². The number of benzene rings is 1. The minimum atomic E-state index is -0.189. The molecule has 0 saturated carbocycles. The summed E-state index contributed by atoms with van der Waals surface area (Å²) in [6.45, 7) is 5.42. The van der Waals surface area contributed by atoms with E-state index >= 15 is 0 Å². The van der Waals surface area contributed by atoms with E-state index in [0.717, 1.165) is 0 Å². The van der Waals surface area contributed by atoms with Crippen LogP contribution in [0, 0.1) is 5.92 Å². The minimum Gasteiger partial charge on any atom is -0.325 e. The van der Waals surface area contributed by atoms with Gasteiger partial charge in [-0.15, -0.1) is 10.2 Å². The highest BCUT2D eigenvalue weighted by Crippen LogP contribution is 2.25. The molecule has 0 unspecified atom stereocenters. The number of hydrogen-bond donors (Lipinski definition) is 2. The van der Waals surface area contributed by atoms with Gasteiger partial charge < -0.3 is 10.6 Å². The number of carbonyl (C=O) groups excluding carboxylic acids is 3. The van der Waals surface area contributed by atoms with Crippen molar-refractivity contribution in [2.45, 2.75) is 31.5 Å². The van der Waals surface area contributed by atoms with E-state index in [4.69, 9.17) is 0 Å². The first-order valence-electron chi connectivity index (χ1n) is 8.00. The predicted octanol–water partition coefficient (Wildman–Crippen LogP) is 3.46. The molecule has 2 N–H and O–H groups in total. The normalized spacial score (nSPS) is 10.6. The lowest BCUT2D eigenvalue weighted by Crippen LogP contribution is -2.14. The molecule has 0 spiro atoms. The maximum Gasteiger partial charge on any atom is 0.234 e. The topological polar surface area (TPSA) is 101 Å². The average molecular weight is 393 g/mol. The number of thioether (sulfide) groups is 1.